The molecule has 0 spiro atoms. The number of piperazine rings is 1. The second-order valence-corrected chi connectivity index (χ2v) is 11.7. The van der Waals surface area contributed by atoms with Crippen molar-refractivity contribution in [3.63, 3.8) is 0 Å². The highest BCUT2D eigenvalue weighted by Crippen LogP contribution is 2.25. The normalized spacial score (nSPS) is 14.6. The Kier molecular flexibility index (Phi) is 7.53. The summed E-state index contributed by atoms with van der Waals surface area (Å²) in [7, 11) is 2.17. The minimum Gasteiger partial charge on any atom is -0.304 e. The Morgan fingerprint density at radius 1 is 0.864 bits per heavy atom. The van der Waals surface area contributed by atoms with Crippen LogP contribution in [0.25, 0.3) is 38.8 Å². The van der Waals surface area contributed by atoms with Crippen molar-refractivity contribution in [1.29, 1.82) is 0 Å². The number of pyridine rings is 1. The smallest absolute Gasteiger partial charge is 0.266 e. The van der Waals surface area contributed by atoms with E-state index in [1.54, 1.807) is 12.1 Å². The lowest BCUT2D eigenvalue weighted by molar-refractivity contribution is 0.149. The topological polar surface area (TPSA) is 77.0 Å². The number of hydrogen-bond donors (Lipinski definition) is 0. The van der Waals surface area contributed by atoms with E-state index in [4.69, 9.17) is 4.98 Å². The molecule has 1 aliphatic heterocycles. The zero-order valence-corrected chi connectivity index (χ0v) is 25.0. The lowest BCUT2D eigenvalue weighted by Gasteiger charge is -2.32. The highest BCUT2D eigenvalue weighted by molar-refractivity contribution is 5.85. The van der Waals surface area contributed by atoms with E-state index in [0.717, 1.165) is 83.3 Å². The standard InChI is InChI=1S/C34H35FN8O/c1-24-22-42(32-19-29(35)4-5-30(24)32)33-7-8-34(44)43(38-33)10-9-25-3-6-31-26(17-25)18-27(20-36-31)28-21-37-41(23-28)16-15-40-13-11-39(2)12-14-40/h3-8,17-23H,9-16H2,1-2H3. The monoisotopic (exact) mass is 590 g/mol. The van der Waals surface area contributed by atoms with E-state index in [1.807, 2.05) is 46.9 Å². The summed E-state index contributed by atoms with van der Waals surface area (Å²) in [5, 5.41) is 11.2. The van der Waals surface area contributed by atoms with E-state index in [9.17, 15) is 9.18 Å². The molecule has 5 heterocycles. The van der Waals surface area contributed by atoms with Gasteiger partial charge in [-0.2, -0.15) is 10.2 Å². The van der Waals surface area contributed by atoms with Gasteiger partial charge in [0.25, 0.3) is 5.56 Å². The number of aryl methyl sites for hydroxylation is 3. The molecule has 1 aliphatic rings. The minimum atomic E-state index is -0.311. The number of benzene rings is 2. The van der Waals surface area contributed by atoms with Crippen LogP contribution in [0.5, 0.6) is 0 Å². The van der Waals surface area contributed by atoms with Crippen molar-refractivity contribution in [2.45, 2.75) is 26.4 Å². The first kappa shape index (κ1) is 28.1. The molecule has 0 unspecified atom stereocenters. The lowest BCUT2D eigenvalue weighted by Crippen LogP contribution is -2.45. The van der Waals surface area contributed by atoms with E-state index >= 15 is 0 Å². The first-order valence-electron chi connectivity index (χ1n) is 15.1. The van der Waals surface area contributed by atoms with Crippen molar-refractivity contribution >= 4 is 21.8 Å². The quantitative estimate of drug-likeness (QED) is 0.259. The zero-order valence-electron chi connectivity index (χ0n) is 25.0. The molecule has 6 aromatic rings. The van der Waals surface area contributed by atoms with Crippen LogP contribution in [-0.4, -0.2) is 78.7 Å². The molecule has 10 heteroatoms. The van der Waals surface area contributed by atoms with Crippen LogP contribution in [0.3, 0.4) is 0 Å². The van der Waals surface area contributed by atoms with Crippen molar-refractivity contribution in [3.8, 4) is 16.9 Å². The first-order chi connectivity index (χ1) is 21.4. The molecule has 9 nitrogen and oxygen atoms in total. The van der Waals surface area contributed by atoms with Gasteiger partial charge >= 0.3 is 0 Å². The maximum Gasteiger partial charge on any atom is 0.266 e. The Morgan fingerprint density at radius 3 is 2.59 bits per heavy atom. The van der Waals surface area contributed by atoms with Gasteiger partial charge in [-0.3, -0.25) is 23.9 Å². The van der Waals surface area contributed by atoms with Crippen LogP contribution in [0.1, 0.15) is 11.1 Å². The van der Waals surface area contributed by atoms with Gasteiger partial charge in [0, 0.05) is 85.8 Å². The van der Waals surface area contributed by atoms with Gasteiger partial charge in [0.1, 0.15) is 5.82 Å². The zero-order chi connectivity index (χ0) is 30.2. The SMILES string of the molecule is Cc1cn(-c2ccc(=O)n(CCc3ccc4ncc(-c5cnn(CCN6CCN(C)CC6)c5)cc4c3)n2)c2cc(F)ccc12. The fourth-order valence-electron chi connectivity index (χ4n) is 5.97. The van der Waals surface area contributed by atoms with Crippen molar-refractivity contribution in [1.82, 2.24) is 38.9 Å². The van der Waals surface area contributed by atoms with Gasteiger partial charge in [-0.1, -0.05) is 6.07 Å². The van der Waals surface area contributed by atoms with Gasteiger partial charge in [-0.15, -0.1) is 0 Å². The predicted octanol–water partition coefficient (Wildman–Crippen LogP) is 4.54. The number of fused-ring (bicyclic) bond motifs is 2. The van der Waals surface area contributed by atoms with Gasteiger partial charge in [0.05, 0.1) is 23.8 Å². The summed E-state index contributed by atoms with van der Waals surface area (Å²) < 4.78 is 19.4. The number of hydrogen-bond acceptors (Lipinski definition) is 6. The fourth-order valence-corrected chi connectivity index (χ4v) is 5.97. The number of halogens is 1. The molecule has 0 amide bonds. The summed E-state index contributed by atoms with van der Waals surface area (Å²) in [6, 6.07) is 16.3. The van der Waals surface area contributed by atoms with Crippen LogP contribution >= 0.6 is 0 Å². The molecule has 1 saturated heterocycles. The van der Waals surface area contributed by atoms with Gasteiger partial charge in [0.2, 0.25) is 0 Å². The van der Waals surface area contributed by atoms with Crippen LogP contribution in [-0.2, 0) is 19.5 Å². The fraction of sp³-hybridized carbons (Fsp3) is 0.294. The molecule has 0 bridgehead atoms. The third-order valence-electron chi connectivity index (χ3n) is 8.63. The van der Waals surface area contributed by atoms with Crippen molar-refractivity contribution in [2.24, 2.45) is 0 Å². The lowest BCUT2D eigenvalue weighted by atomic mass is 10.1. The molecule has 2 aromatic carbocycles. The minimum absolute atomic E-state index is 0.178. The Labute approximate surface area is 254 Å². The van der Waals surface area contributed by atoms with E-state index in [-0.39, 0.29) is 11.4 Å². The summed E-state index contributed by atoms with van der Waals surface area (Å²) >= 11 is 0. The summed E-state index contributed by atoms with van der Waals surface area (Å²) in [6.07, 6.45) is 8.45. The maximum atomic E-state index is 14.0. The summed E-state index contributed by atoms with van der Waals surface area (Å²) in [5.74, 6) is 0.263. The van der Waals surface area contributed by atoms with Gasteiger partial charge in [0.15, 0.2) is 5.82 Å². The number of nitrogens with zero attached hydrogens (tertiary/aromatic N) is 8. The Hall–Kier alpha value is -4.67. The molecule has 4 aromatic heterocycles. The summed E-state index contributed by atoms with van der Waals surface area (Å²) in [5.41, 5.74) is 5.63. The van der Waals surface area contributed by atoms with Gasteiger partial charge in [-0.25, -0.2) is 9.07 Å². The number of rotatable bonds is 8. The average molecular weight is 591 g/mol. The molecular formula is C34H35FN8O. The van der Waals surface area contributed by atoms with Crippen molar-refractivity contribution in [3.05, 3.63) is 107 Å². The Morgan fingerprint density at radius 2 is 1.73 bits per heavy atom. The summed E-state index contributed by atoms with van der Waals surface area (Å²) in [6.45, 7) is 8.68. The molecule has 0 atom stereocenters. The van der Waals surface area contributed by atoms with Crippen LogP contribution in [0.2, 0.25) is 0 Å². The maximum absolute atomic E-state index is 14.0. The van der Waals surface area contributed by atoms with Crippen molar-refractivity contribution in [2.75, 3.05) is 39.8 Å². The van der Waals surface area contributed by atoms with Gasteiger partial charge in [-0.05, 0) is 74.0 Å². The third-order valence-corrected chi connectivity index (χ3v) is 8.63. The summed E-state index contributed by atoms with van der Waals surface area (Å²) in [4.78, 5) is 22.3. The van der Waals surface area contributed by atoms with Crippen LogP contribution < -0.4 is 5.56 Å². The molecule has 0 radical (unpaired) electrons. The number of likely N-dealkylation sites (N-methyl/N-ethyl adjacent to an activating group) is 1. The molecule has 7 rings (SSSR count). The first-order valence-corrected chi connectivity index (χ1v) is 15.1. The average Bonchev–Trinajstić information content (AvgIpc) is 3.64. The predicted molar refractivity (Wildman–Crippen MR) is 171 cm³/mol. The van der Waals surface area contributed by atoms with Crippen LogP contribution in [0.4, 0.5) is 4.39 Å². The molecule has 1 fully saturated rings. The molecule has 44 heavy (non-hydrogen) atoms. The molecule has 0 N–H and O–H groups in total. The second-order valence-electron chi connectivity index (χ2n) is 11.7. The molecular weight excluding hydrogens is 555 g/mol. The Balaban J connectivity index is 1.06. The van der Waals surface area contributed by atoms with E-state index in [1.165, 1.54) is 22.9 Å². The Bertz CT molecular complexity index is 2020. The number of aromatic nitrogens is 6. The molecule has 0 saturated carbocycles. The molecule has 224 valence electrons. The van der Waals surface area contributed by atoms with E-state index in [0.29, 0.717) is 18.8 Å². The third kappa shape index (κ3) is 5.78. The largest absolute Gasteiger partial charge is 0.304 e. The highest BCUT2D eigenvalue weighted by atomic mass is 19.1. The van der Waals surface area contributed by atoms with Crippen LogP contribution in [0, 0.1) is 12.7 Å². The van der Waals surface area contributed by atoms with Crippen LogP contribution in [0.15, 0.2) is 84.2 Å². The van der Waals surface area contributed by atoms with E-state index in [2.05, 4.69) is 45.4 Å². The van der Waals surface area contributed by atoms with Gasteiger partial charge < -0.3 is 4.90 Å². The van der Waals surface area contributed by atoms with E-state index < -0.39 is 0 Å². The second kappa shape index (κ2) is 11.8. The van der Waals surface area contributed by atoms with Crippen molar-refractivity contribution < 1.29 is 4.39 Å². The molecule has 0 aliphatic carbocycles. The highest BCUT2D eigenvalue weighted by Gasteiger charge is 2.14.